The van der Waals surface area contributed by atoms with Gasteiger partial charge in [0.15, 0.2) is 0 Å². The highest BCUT2D eigenvalue weighted by Crippen LogP contribution is 2.32. The lowest BCUT2D eigenvalue weighted by Crippen LogP contribution is -2.39. The number of rotatable bonds is 7. The Kier molecular flexibility index (Phi) is 6.73. The molecule has 7 nitrogen and oxygen atoms in total. The van der Waals surface area contributed by atoms with E-state index in [4.69, 9.17) is 0 Å². The van der Waals surface area contributed by atoms with Crippen molar-refractivity contribution in [3.63, 3.8) is 0 Å². The molecule has 0 aliphatic heterocycles. The summed E-state index contributed by atoms with van der Waals surface area (Å²) >= 11 is 0. The molecule has 0 atom stereocenters. The van der Waals surface area contributed by atoms with Gasteiger partial charge in [-0.2, -0.15) is 5.10 Å². The Morgan fingerprint density at radius 1 is 0.895 bits per heavy atom. The second-order valence-electron chi connectivity index (χ2n) is 9.16. The topological polar surface area (TPSA) is 84.3 Å². The van der Waals surface area contributed by atoms with Gasteiger partial charge in [0.05, 0.1) is 16.3 Å². The number of nitrogens with one attached hydrogen (secondary N) is 1. The van der Waals surface area contributed by atoms with Crippen molar-refractivity contribution >= 4 is 38.2 Å². The van der Waals surface area contributed by atoms with E-state index < -0.39 is 22.5 Å². The van der Waals surface area contributed by atoms with Gasteiger partial charge in [0.1, 0.15) is 12.4 Å². The zero-order valence-electron chi connectivity index (χ0n) is 21.4. The van der Waals surface area contributed by atoms with E-state index in [2.05, 4.69) is 10.4 Å². The van der Waals surface area contributed by atoms with E-state index in [1.165, 1.54) is 4.31 Å². The molecule has 8 heteroatoms. The molecule has 0 aliphatic rings. The van der Waals surface area contributed by atoms with Gasteiger partial charge >= 0.3 is 0 Å². The van der Waals surface area contributed by atoms with Crippen LogP contribution in [0.3, 0.4) is 0 Å². The van der Waals surface area contributed by atoms with E-state index in [1.54, 1.807) is 48.1 Å². The minimum absolute atomic E-state index is 0.149. The average Bonchev–Trinajstić information content (AvgIpc) is 3.29. The van der Waals surface area contributed by atoms with Crippen LogP contribution in [0.1, 0.15) is 11.1 Å². The molecule has 5 rings (SSSR count). The van der Waals surface area contributed by atoms with Crippen molar-refractivity contribution in [2.24, 2.45) is 7.05 Å². The van der Waals surface area contributed by atoms with Crippen molar-refractivity contribution in [3.8, 4) is 11.3 Å². The maximum Gasteiger partial charge on any atom is 0.265 e. The molecule has 192 valence electrons. The lowest BCUT2D eigenvalue weighted by Gasteiger charge is -2.27. The van der Waals surface area contributed by atoms with Gasteiger partial charge in [0.2, 0.25) is 5.91 Å². The first-order chi connectivity index (χ1) is 18.3. The summed E-state index contributed by atoms with van der Waals surface area (Å²) in [5.74, 6) is -0.00495. The minimum Gasteiger partial charge on any atom is -0.309 e. The molecule has 0 unspecified atom stereocenters. The summed E-state index contributed by atoms with van der Waals surface area (Å²) in [6, 6.07) is 29.4. The van der Waals surface area contributed by atoms with Crippen LogP contribution in [0.4, 0.5) is 11.5 Å². The van der Waals surface area contributed by atoms with Crippen LogP contribution in [0, 0.1) is 13.8 Å². The van der Waals surface area contributed by atoms with Gasteiger partial charge in [-0.1, -0.05) is 78.9 Å². The second kappa shape index (κ2) is 10.1. The number of hydrogen-bond donors (Lipinski definition) is 1. The largest absolute Gasteiger partial charge is 0.309 e. The Balaban J connectivity index is 1.53. The van der Waals surface area contributed by atoms with Gasteiger partial charge in [0.25, 0.3) is 10.0 Å². The first kappa shape index (κ1) is 25.2. The molecular formula is C30H28N4O3S. The van der Waals surface area contributed by atoms with Crippen LogP contribution in [0.2, 0.25) is 0 Å². The predicted molar refractivity (Wildman–Crippen MR) is 152 cm³/mol. The van der Waals surface area contributed by atoms with Crippen molar-refractivity contribution in [2.75, 3.05) is 16.2 Å². The van der Waals surface area contributed by atoms with Gasteiger partial charge in [-0.05, 0) is 42.5 Å². The summed E-state index contributed by atoms with van der Waals surface area (Å²) in [5.41, 5.74) is 3.80. The molecular weight excluding hydrogens is 496 g/mol. The zero-order chi connectivity index (χ0) is 26.9. The Bertz CT molecular complexity index is 1740. The Morgan fingerprint density at radius 3 is 2.37 bits per heavy atom. The van der Waals surface area contributed by atoms with Crippen LogP contribution in [0.25, 0.3) is 22.0 Å². The van der Waals surface area contributed by atoms with Crippen molar-refractivity contribution < 1.29 is 13.2 Å². The maximum absolute atomic E-state index is 14.2. The molecule has 1 aromatic heterocycles. The number of aryl methyl sites for hydroxylation is 2. The highest BCUT2D eigenvalue weighted by Gasteiger charge is 2.30. The number of sulfonamides is 1. The first-order valence-corrected chi connectivity index (χ1v) is 13.7. The van der Waals surface area contributed by atoms with Gasteiger partial charge in [-0.15, -0.1) is 0 Å². The van der Waals surface area contributed by atoms with E-state index in [0.717, 1.165) is 22.1 Å². The van der Waals surface area contributed by atoms with Crippen LogP contribution < -0.4 is 9.62 Å². The van der Waals surface area contributed by atoms with E-state index in [-0.39, 0.29) is 4.90 Å². The number of aromatic nitrogens is 2. The lowest BCUT2D eigenvalue weighted by atomic mass is 10.1. The third-order valence-corrected chi connectivity index (χ3v) is 8.48. The monoisotopic (exact) mass is 524 g/mol. The van der Waals surface area contributed by atoms with Gasteiger partial charge < -0.3 is 5.32 Å². The third kappa shape index (κ3) is 4.78. The average molecular weight is 525 g/mol. The number of amides is 1. The van der Waals surface area contributed by atoms with Crippen molar-refractivity contribution in [1.29, 1.82) is 0 Å². The number of fused-ring (bicyclic) bond motifs is 1. The molecule has 0 saturated carbocycles. The highest BCUT2D eigenvalue weighted by atomic mass is 32.2. The van der Waals surface area contributed by atoms with Crippen LogP contribution in [-0.2, 0) is 21.9 Å². The number of carbonyl (C=O) groups is 1. The van der Waals surface area contributed by atoms with Crippen molar-refractivity contribution in [1.82, 2.24) is 9.78 Å². The minimum atomic E-state index is -4.11. The lowest BCUT2D eigenvalue weighted by molar-refractivity contribution is -0.114. The predicted octanol–water partition coefficient (Wildman–Crippen LogP) is 5.69. The number of nitrogens with zero attached hydrogens (tertiary/aromatic N) is 3. The number of anilines is 2. The van der Waals surface area contributed by atoms with E-state index in [0.29, 0.717) is 22.6 Å². The van der Waals surface area contributed by atoms with Crippen LogP contribution in [0.15, 0.2) is 102 Å². The van der Waals surface area contributed by atoms with Gasteiger partial charge in [-0.25, -0.2) is 8.42 Å². The summed E-state index contributed by atoms with van der Waals surface area (Å²) in [4.78, 5) is 13.5. The molecule has 0 radical (unpaired) electrons. The van der Waals surface area contributed by atoms with Gasteiger partial charge in [-0.3, -0.25) is 13.8 Å². The van der Waals surface area contributed by atoms with Gasteiger partial charge in [0, 0.05) is 24.1 Å². The van der Waals surface area contributed by atoms with Crippen LogP contribution in [-0.4, -0.2) is 30.7 Å². The maximum atomic E-state index is 14.2. The standard InChI is InChI=1S/C30H28N4O3S/c1-21-11-9-17-27(22(21)2)34(38(36,37)28-18-10-15-23-12-7-8-16-25(23)28)20-30(35)31-29-19-26(32-33(29)3)24-13-5-4-6-14-24/h4-19H,20H2,1-3H3,(H,31,35). The molecule has 1 heterocycles. The molecule has 0 saturated heterocycles. The molecule has 1 amide bonds. The fraction of sp³-hybridized carbons (Fsp3) is 0.133. The second-order valence-corrected chi connectivity index (χ2v) is 11.0. The van der Waals surface area contributed by atoms with E-state index >= 15 is 0 Å². The molecule has 38 heavy (non-hydrogen) atoms. The number of hydrogen-bond acceptors (Lipinski definition) is 4. The Labute approximate surface area is 222 Å². The first-order valence-electron chi connectivity index (χ1n) is 12.2. The molecule has 1 N–H and O–H groups in total. The van der Waals surface area contributed by atoms with Crippen LogP contribution in [0.5, 0.6) is 0 Å². The Hall–Kier alpha value is -4.43. The quantitative estimate of drug-likeness (QED) is 0.296. The normalized spacial score (nSPS) is 11.4. The smallest absolute Gasteiger partial charge is 0.265 e. The SMILES string of the molecule is Cc1cccc(N(CC(=O)Nc2cc(-c3ccccc3)nn2C)S(=O)(=O)c2cccc3ccccc23)c1C. The zero-order valence-corrected chi connectivity index (χ0v) is 22.2. The van der Waals surface area contributed by atoms with Crippen LogP contribution >= 0.6 is 0 Å². The number of carbonyl (C=O) groups excluding carboxylic acids is 1. The molecule has 0 fully saturated rings. The fourth-order valence-corrected chi connectivity index (χ4v) is 6.19. The summed E-state index contributed by atoms with van der Waals surface area (Å²) in [5, 5.41) is 8.76. The molecule has 0 aliphatic carbocycles. The Morgan fingerprint density at radius 2 is 1.58 bits per heavy atom. The summed E-state index contributed by atoms with van der Waals surface area (Å²) in [7, 11) is -2.37. The third-order valence-electron chi connectivity index (χ3n) is 6.67. The fourth-order valence-electron chi connectivity index (χ4n) is 4.49. The highest BCUT2D eigenvalue weighted by molar-refractivity contribution is 7.93. The van der Waals surface area contributed by atoms with E-state index in [1.807, 2.05) is 74.5 Å². The molecule has 0 bridgehead atoms. The molecule has 0 spiro atoms. The van der Waals surface area contributed by atoms with Crippen molar-refractivity contribution in [3.05, 3.63) is 108 Å². The van der Waals surface area contributed by atoms with Crippen molar-refractivity contribution in [2.45, 2.75) is 18.7 Å². The summed E-state index contributed by atoms with van der Waals surface area (Å²) in [6.45, 7) is 3.38. The van der Waals surface area contributed by atoms with E-state index in [9.17, 15) is 13.2 Å². The molecule has 5 aromatic rings. The number of benzene rings is 4. The summed E-state index contributed by atoms with van der Waals surface area (Å²) in [6.07, 6.45) is 0. The summed E-state index contributed by atoms with van der Waals surface area (Å²) < 4.78 is 31.1. The molecule has 4 aromatic carbocycles.